The first-order chi connectivity index (χ1) is 12.8. The third-order valence-corrected chi connectivity index (χ3v) is 5.74. The highest BCUT2D eigenvalue weighted by Gasteiger charge is 2.13. The minimum Gasteiger partial charge on any atom is -0.228 e. The number of fused-ring (bicyclic) bond motifs is 3. The van der Waals surface area contributed by atoms with Crippen LogP contribution in [0.1, 0.15) is 0 Å². The number of hydrogen-bond acceptors (Lipinski definition) is 3. The number of rotatable bonds is 2. The minimum absolute atomic E-state index is 0.449. The molecule has 26 heavy (non-hydrogen) atoms. The average Bonchev–Trinajstić information content (AvgIpc) is 3.07. The molecule has 2 heterocycles. The van der Waals surface area contributed by atoms with Gasteiger partial charge in [0.2, 0.25) is 0 Å². The molecule has 4 heteroatoms. The lowest BCUT2D eigenvalue weighted by Crippen LogP contribution is -1.93. The van der Waals surface area contributed by atoms with Gasteiger partial charge in [-0.15, -0.1) is 11.3 Å². The van der Waals surface area contributed by atoms with E-state index in [4.69, 9.17) is 16.6 Å². The second-order valence-corrected chi connectivity index (χ2v) is 7.51. The van der Waals surface area contributed by atoms with Gasteiger partial charge in [0.1, 0.15) is 5.15 Å². The third-order valence-electron chi connectivity index (χ3n) is 4.41. The summed E-state index contributed by atoms with van der Waals surface area (Å²) in [6.45, 7) is 0. The summed E-state index contributed by atoms with van der Waals surface area (Å²) in [4.78, 5) is 9.24. The summed E-state index contributed by atoms with van der Waals surface area (Å²) >= 11 is 8.14. The van der Waals surface area contributed by atoms with E-state index in [1.807, 2.05) is 36.4 Å². The molecule has 0 N–H and O–H groups in total. The Morgan fingerprint density at radius 3 is 2.38 bits per heavy atom. The predicted molar refractivity (Wildman–Crippen MR) is 111 cm³/mol. The number of aromatic nitrogens is 2. The fourth-order valence-electron chi connectivity index (χ4n) is 3.26. The quantitative estimate of drug-likeness (QED) is 0.317. The maximum absolute atomic E-state index is 6.34. The van der Waals surface area contributed by atoms with Gasteiger partial charge in [-0.25, -0.2) is 9.97 Å². The molecule has 0 bridgehead atoms. The number of halogens is 1. The Hall–Kier alpha value is -2.75. The first-order valence-electron chi connectivity index (χ1n) is 8.30. The Morgan fingerprint density at radius 1 is 0.731 bits per heavy atom. The van der Waals surface area contributed by atoms with Crippen molar-refractivity contribution in [3.63, 3.8) is 0 Å². The molecule has 0 saturated heterocycles. The van der Waals surface area contributed by atoms with Gasteiger partial charge in [0, 0.05) is 37.4 Å². The summed E-state index contributed by atoms with van der Waals surface area (Å²) in [5.41, 5.74) is 2.89. The number of nitrogens with zero attached hydrogens (tertiary/aromatic N) is 2. The summed E-state index contributed by atoms with van der Waals surface area (Å²) in [5.74, 6) is 0.643. The Balaban J connectivity index is 1.80. The zero-order chi connectivity index (χ0) is 17.5. The number of benzene rings is 3. The molecule has 2 aromatic heterocycles. The molecule has 0 atom stereocenters. The van der Waals surface area contributed by atoms with Crippen molar-refractivity contribution < 1.29 is 0 Å². The second kappa shape index (κ2) is 6.20. The van der Waals surface area contributed by atoms with Crippen molar-refractivity contribution >= 4 is 43.1 Å². The molecule has 5 aromatic rings. The van der Waals surface area contributed by atoms with Crippen LogP contribution in [0.4, 0.5) is 0 Å². The second-order valence-electron chi connectivity index (χ2n) is 6.04. The van der Waals surface area contributed by atoms with E-state index in [1.165, 1.54) is 20.2 Å². The van der Waals surface area contributed by atoms with Crippen LogP contribution in [-0.4, -0.2) is 9.97 Å². The molecular formula is C22H13ClN2S. The third kappa shape index (κ3) is 2.57. The van der Waals surface area contributed by atoms with Gasteiger partial charge in [-0.3, -0.25) is 0 Å². The van der Waals surface area contributed by atoms with Crippen LogP contribution in [0.5, 0.6) is 0 Å². The van der Waals surface area contributed by atoms with Crippen molar-refractivity contribution in [2.75, 3.05) is 0 Å². The summed E-state index contributed by atoms with van der Waals surface area (Å²) in [6.07, 6.45) is 0. The van der Waals surface area contributed by atoms with Gasteiger partial charge in [0.05, 0.1) is 5.69 Å². The highest BCUT2D eigenvalue weighted by molar-refractivity contribution is 7.25. The summed E-state index contributed by atoms with van der Waals surface area (Å²) in [6, 6.07) is 26.6. The maximum Gasteiger partial charge on any atom is 0.161 e. The van der Waals surface area contributed by atoms with Crippen molar-refractivity contribution in [2.45, 2.75) is 0 Å². The fourth-order valence-corrected chi connectivity index (χ4v) is 4.58. The lowest BCUT2D eigenvalue weighted by molar-refractivity contribution is 1.18. The van der Waals surface area contributed by atoms with Crippen LogP contribution in [0.3, 0.4) is 0 Å². The van der Waals surface area contributed by atoms with Crippen molar-refractivity contribution in [2.24, 2.45) is 0 Å². The van der Waals surface area contributed by atoms with Gasteiger partial charge in [-0.1, -0.05) is 72.3 Å². The van der Waals surface area contributed by atoms with Crippen LogP contribution in [0, 0.1) is 0 Å². The molecule has 0 aliphatic rings. The molecule has 0 saturated carbocycles. The normalized spacial score (nSPS) is 11.3. The van der Waals surface area contributed by atoms with Gasteiger partial charge in [-0.2, -0.15) is 0 Å². The van der Waals surface area contributed by atoms with E-state index in [-0.39, 0.29) is 0 Å². The maximum atomic E-state index is 6.34. The van der Waals surface area contributed by atoms with E-state index >= 15 is 0 Å². The van der Waals surface area contributed by atoms with Gasteiger partial charge in [0.15, 0.2) is 5.82 Å². The minimum atomic E-state index is 0.449. The van der Waals surface area contributed by atoms with Gasteiger partial charge >= 0.3 is 0 Å². The summed E-state index contributed by atoms with van der Waals surface area (Å²) in [5, 5.41) is 2.92. The van der Waals surface area contributed by atoms with Crippen LogP contribution in [0.15, 0.2) is 78.9 Å². The fraction of sp³-hybridized carbons (Fsp3) is 0. The van der Waals surface area contributed by atoms with E-state index in [2.05, 4.69) is 47.4 Å². The smallest absolute Gasteiger partial charge is 0.161 e. The van der Waals surface area contributed by atoms with E-state index in [1.54, 1.807) is 11.3 Å². The summed E-state index contributed by atoms with van der Waals surface area (Å²) < 4.78 is 2.53. The molecule has 2 nitrogen and oxygen atoms in total. The number of thiophene rings is 1. The molecule has 0 aliphatic carbocycles. The predicted octanol–water partition coefficient (Wildman–Crippen LogP) is 6.83. The largest absolute Gasteiger partial charge is 0.228 e. The highest BCUT2D eigenvalue weighted by Crippen LogP contribution is 2.39. The lowest BCUT2D eigenvalue weighted by Gasteiger charge is -2.07. The summed E-state index contributed by atoms with van der Waals surface area (Å²) in [7, 11) is 0. The standard InChI is InChI=1S/C22H13ClN2S/c23-20-13-17(24-22(25-20)14-7-2-1-3-8-14)15-10-6-12-19-21(15)16-9-4-5-11-18(16)26-19/h1-13H. The molecule has 0 amide bonds. The first kappa shape index (κ1) is 15.5. The Kier molecular flexibility index (Phi) is 3.70. The molecule has 124 valence electrons. The van der Waals surface area contributed by atoms with E-state index < -0.39 is 0 Å². The topological polar surface area (TPSA) is 25.8 Å². The highest BCUT2D eigenvalue weighted by atomic mass is 35.5. The molecule has 0 spiro atoms. The molecule has 0 unspecified atom stereocenters. The average molecular weight is 373 g/mol. The van der Waals surface area contributed by atoms with E-state index in [9.17, 15) is 0 Å². The zero-order valence-electron chi connectivity index (χ0n) is 13.7. The van der Waals surface area contributed by atoms with Crippen molar-refractivity contribution in [1.82, 2.24) is 9.97 Å². The van der Waals surface area contributed by atoms with Crippen LogP contribution >= 0.6 is 22.9 Å². The van der Waals surface area contributed by atoms with Crippen molar-refractivity contribution in [3.8, 4) is 22.6 Å². The van der Waals surface area contributed by atoms with E-state index in [0.717, 1.165) is 16.8 Å². The van der Waals surface area contributed by atoms with Crippen molar-refractivity contribution in [3.05, 3.63) is 84.0 Å². The SMILES string of the molecule is Clc1cc(-c2cccc3sc4ccccc4c23)nc(-c2ccccc2)n1. The lowest BCUT2D eigenvalue weighted by atomic mass is 10.0. The Morgan fingerprint density at radius 2 is 1.50 bits per heavy atom. The molecule has 0 aliphatic heterocycles. The molecule has 5 rings (SSSR count). The molecule has 0 radical (unpaired) electrons. The Labute approximate surface area is 159 Å². The zero-order valence-corrected chi connectivity index (χ0v) is 15.3. The molecule has 0 fully saturated rings. The first-order valence-corrected chi connectivity index (χ1v) is 9.50. The number of hydrogen-bond donors (Lipinski definition) is 0. The van der Waals surface area contributed by atoms with Crippen LogP contribution in [0.2, 0.25) is 5.15 Å². The monoisotopic (exact) mass is 372 g/mol. The van der Waals surface area contributed by atoms with Crippen LogP contribution in [-0.2, 0) is 0 Å². The van der Waals surface area contributed by atoms with Gasteiger partial charge in [-0.05, 0) is 12.1 Å². The molecular weight excluding hydrogens is 360 g/mol. The Bertz CT molecular complexity index is 1250. The van der Waals surface area contributed by atoms with Crippen LogP contribution in [0.25, 0.3) is 42.8 Å². The van der Waals surface area contributed by atoms with Gasteiger partial charge < -0.3 is 0 Å². The molecule has 3 aromatic carbocycles. The van der Waals surface area contributed by atoms with E-state index in [0.29, 0.717) is 11.0 Å². The van der Waals surface area contributed by atoms with Crippen molar-refractivity contribution in [1.29, 1.82) is 0 Å². The van der Waals surface area contributed by atoms with Gasteiger partial charge in [0.25, 0.3) is 0 Å². The van der Waals surface area contributed by atoms with Crippen LogP contribution < -0.4 is 0 Å².